The van der Waals surface area contributed by atoms with E-state index < -0.39 is 0 Å². The van der Waals surface area contributed by atoms with Gasteiger partial charge < -0.3 is 5.21 Å². The Labute approximate surface area is 74.0 Å². The summed E-state index contributed by atoms with van der Waals surface area (Å²) in [5.74, 6) is 0. The maximum Gasteiger partial charge on any atom is 0.0633 e. The molecule has 0 bridgehead atoms. The van der Waals surface area contributed by atoms with Gasteiger partial charge in [0, 0.05) is 5.41 Å². The van der Waals surface area contributed by atoms with Crippen LogP contribution in [0.5, 0.6) is 0 Å². The van der Waals surface area contributed by atoms with E-state index in [9.17, 15) is 0 Å². The predicted molar refractivity (Wildman–Crippen MR) is 50.6 cm³/mol. The van der Waals surface area contributed by atoms with Gasteiger partial charge in [-0.25, -0.2) is 0 Å². The summed E-state index contributed by atoms with van der Waals surface area (Å²) in [7, 11) is 0. The van der Waals surface area contributed by atoms with Crippen molar-refractivity contribution in [1.29, 1.82) is 0 Å². The van der Waals surface area contributed by atoms with Crippen molar-refractivity contribution in [3.8, 4) is 0 Å². The third-order valence-corrected chi connectivity index (χ3v) is 2.62. The second-order valence-electron chi connectivity index (χ2n) is 4.19. The van der Waals surface area contributed by atoms with Crippen molar-refractivity contribution < 1.29 is 5.21 Å². The zero-order valence-corrected chi connectivity index (χ0v) is 8.09. The average molecular weight is 167 g/mol. The van der Waals surface area contributed by atoms with Crippen molar-refractivity contribution >= 4 is 5.71 Å². The smallest absolute Gasteiger partial charge is 0.0633 e. The molecule has 1 aliphatic rings. The number of oxime groups is 1. The molecule has 0 heterocycles. The summed E-state index contributed by atoms with van der Waals surface area (Å²) in [5.41, 5.74) is 2.37. The van der Waals surface area contributed by atoms with Crippen LogP contribution in [-0.2, 0) is 0 Å². The Hall–Kier alpha value is -0.790. The molecule has 0 saturated carbocycles. The lowest BCUT2D eigenvalue weighted by molar-refractivity contribution is 0.307. The molecular weight excluding hydrogens is 150 g/mol. The molecule has 1 N–H and O–H groups in total. The van der Waals surface area contributed by atoms with Crippen LogP contribution >= 0.6 is 0 Å². The number of allylic oxidation sites excluding steroid dienone is 2. The number of rotatable bonds is 0. The Balaban J connectivity index is 2.85. The van der Waals surface area contributed by atoms with Crippen LogP contribution in [0.1, 0.15) is 40.0 Å². The number of hydrogen-bond donors (Lipinski definition) is 1. The van der Waals surface area contributed by atoms with E-state index in [1.54, 1.807) is 0 Å². The Bertz CT molecular complexity index is 226. The summed E-state index contributed by atoms with van der Waals surface area (Å²) in [6, 6.07) is 0. The topological polar surface area (TPSA) is 32.6 Å². The van der Waals surface area contributed by atoms with Crippen LogP contribution in [0.4, 0.5) is 0 Å². The molecular formula is C10H17NO. The van der Waals surface area contributed by atoms with Crippen molar-refractivity contribution in [2.45, 2.75) is 40.0 Å². The van der Waals surface area contributed by atoms with E-state index in [1.807, 2.05) is 0 Å². The summed E-state index contributed by atoms with van der Waals surface area (Å²) in [6.45, 7) is 6.38. The largest absolute Gasteiger partial charge is 0.411 e. The molecule has 0 saturated heterocycles. The number of hydrogen-bond acceptors (Lipinski definition) is 2. The molecule has 2 heteroatoms. The Morgan fingerprint density at radius 1 is 1.42 bits per heavy atom. The highest BCUT2D eigenvalue weighted by Crippen LogP contribution is 2.30. The molecule has 0 unspecified atom stereocenters. The van der Waals surface area contributed by atoms with E-state index >= 15 is 0 Å². The van der Waals surface area contributed by atoms with E-state index in [-0.39, 0.29) is 5.41 Å². The molecule has 0 aromatic carbocycles. The van der Waals surface area contributed by atoms with Gasteiger partial charge in [-0.2, -0.15) is 0 Å². The highest BCUT2D eigenvalue weighted by molar-refractivity contribution is 5.89. The fourth-order valence-electron chi connectivity index (χ4n) is 1.49. The van der Waals surface area contributed by atoms with Gasteiger partial charge in [0.25, 0.3) is 0 Å². The minimum Gasteiger partial charge on any atom is -0.411 e. The maximum absolute atomic E-state index is 8.80. The summed E-state index contributed by atoms with van der Waals surface area (Å²) in [5, 5.41) is 12.2. The van der Waals surface area contributed by atoms with Gasteiger partial charge in [0.2, 0.25) is 0 Å². The van der Waals surface area contributed by atoms with Crippen LogP contribution in [0.2, 0.25) is 0 Å². The average Bonchev–Trinajstić information content (AvgIpc) is 2.12. The molecule has 1 rings (SSSR count). The first kappa shape index (κ1) is 9.30. The first-order valence-corrected chi connectivity index (χ1v) is 4.43. The Kier molecular flexibility index (Phi) is 2.55. The Morgan fingerprint density at radius 2 is 2.08 bits per heavy atom. The standard InChI is InChI=1S/C10H17NO/c1-8-4-5-9(11-12)10(2,3)7-6-8/h6,12H,4-5,7H2,1-3H3/b11-9-. The molecule has 0 aromatic heterocycles. The summed E-state index contributed by atoms with van der Waals surface area (Å²) >= 11 is 0. The lowest BCUT2D eigenvalue weighted by atomic mass is 9.83. The fourth-order valence-corrected chi connectivity index (χ4v) is 1.49. The zero-order valence-electron chi connectivity index (χ0n) is 8.09. The van der Waals surface area contributed by atoms with Crippen LogP contribution in [0.15, 0.2) is 16.8 Å². The van der Waals surface area contributed by atoms with E-state index in [0.29, 0.717) is 0 Å². The summed E-state index contributed by atoms with van der Waals surface area (Å²) in [6.07, 6.45) is 5.16. The molecule has 0 amide bonds. The minimum atomic E-state index is 0.0342. The van der Waals surface area contributed by atoms with Gasteiger partial charge in [-0.1, -0.05) is 30.7 Å². The molecule has 0 aromatic rings. The molecule has 0 atom stereocenters. The molecule has 0 fully saturated rings. The van der Waals surface area contributed by atoms with Crippen molar-refractivity contribution in [3.05, 3.63) is 11.6 Å². The van der Waals surface area contributed by atoms with Crippen molar-refractivity contribution in [3.63, 3.8) is 0 Å². The predicted octanol–water partition coefficient (Wildman–Crippen LogP) is 2.97. The second kappa shape index (κ2) is 3.30. The Morgan fingerprint density at radius 3 is 2.67 bits per heavy atom. The van der Waals surface area contributed by atoms with Crippen LogP contribution in [0.25, 0.3) is 0 Å². The first-order chi connectivity index (χ1) is 5.56. The van der Waals surface area contributed by atoms with Gasteiger partial charge in [0.1, 0.15) is 0 Å². The SMILES string of the molecule is CC1=CCC(C)(C)/C(=N\O)CC1. The third-order valence-electron chi connectivity index (χ3n) is 2.62. The summed E-state index contributed by atoms with van der Waals surface area (Å²) < 4.78 is 0. The van der Waals surface area contributed by atoms with Crippen molar-refractivity contribution in [2.75, 3.05) is 0 Å². The van der Waals surface area contributed by atoms with Gasteiger partial charge in [-0.05, 0) is 26.2 Å². The first-order valence-electron chi connectivity index (χ1n) is 4.43. The third kappa shape index (κ3) is 1.87. The summed E-state index contributed by atoms with van der Waals surface area (Å²) in [4.78, 5) is 0. The van der Waals surface area contributed by atoms with Crippen LogP contribution in [-0.4, -0.2) is 10.9 Å². The van der Waals surface area contributed by atoms with Crippen LogP contribution < -0.4 is 0 Å². The zero-order chi connectivity index (χ0) is 9.19. The molecule has 0 radical (unpaired) electrons. The lowest BCUT2D eigenvalue weighted by Crippen LogP contribution is -2.22. The molecule has 0 aliphatic heterocycles. The maximum atomic E-state index is 8.80. The van der Waals surface area contributed by atoms with E-state index in [4.69, 9.17) is 5.21 Å². The van der Waals surface area contributed by atoms with Crippen LogP contribution in [0, 0.1) is 5.41 Å². The van der Waals surface area contributed by atoms with E-state index in [1.165, 1.54) is 5.57 Å². The second-order valence-corrected chi connectivity index (χ2v) is 4.19. The van der Waals surface area contributed by atoms with Gasteiger partial charge in [-0.15, -0.1) is 0 Å². The molecule has 2 nitrogen and oxygen atoms in total. The monoisotopic (exact) mass is 167 g/mol. The van der Waals surface area contributed by atoms with E-state index in [0.717, 1.165) is 25.0 Å². The van der Waals surface area contributed by atoms with E-state index in [2.05, 4.69) is 32.0 Å². The molecule has 68 valence electrons. The van der Waals surface area contributed by atoms with Gasteiger partial charge >= 0.3 is 0 Å². The van der Waals surface area contributed by atoms with Crippen LogP contribution in [0.3, 0.4) is 0 Å². The quantitative estimate of drug-likeness (QED) is 0.336. The fraction of sp³-hybridized carbons (Fsp3) is 0.700. The van der Waals surface area contributed by atoms with Gasteiger partial charge in [-0.3, -0.25) is 0 Å². The van der Waals surface area contributed by atoms with Gasteiger partial charge in [0.15, 0.2) is 0 Å². The molecule has 12 heavy (non-hydrogen) atoms. The molecule has 0 spiro atoms. The highest BCUT2D eigenvalue weighted by Gasteiger charge is 2.26. The molecule has 1 aliphatic carbocycles. The van der Waals surface area contributed by atoms with Gasteiger partial charge in [0.05, 0.1) is 5.71 Å². The van der Waals surface area contributed by atoms with Crippen molar-refractivity contribution in [1.82, 2.24) is 0 Å². The lowest BCUT2D eigenvalue weighted by Gasteiger charge is -2.21. The van der Waals surface area contributed by atoms with Crippen molar-refractivity contribution in [2.24, 2.45) is 10.6 Å². The number of nitrogens with zero attached hydrogens (tertiary/aromatic N) is 1. The normalized spacial score (nSPS) is 26.6. The highest BCUT2D eigenvalue weighted by atomic mass is 16.4. The minimum absolute atomic E-state index is 0.0342.